The van der Waals surface area contributed by atoms with Gasteiger partial charge in [-0.3, -0.25) is 9.89 Å². The number of aliphatic hydroxyl groups is 1. The highest BCUT2D eigenvalue weighted by Crippen LogP contribution is 2.28. The first-order chi connectivity index (χ1) is 10.7. The molecule has 3 N–H and O–H groups in total. The SMILES string of the molecule is O=C(NC1CCCCC1O)c1cn[nH]c1-c1ccccc1Cl. The van der Waals surface area contributed by atoms with Gasteiger partial charge in [0.2, 0.25) is 0 Å². The first kappa shape index (κ1) is 15.1. The summed E-state index contributed by atoms with van der Waals surface area (Å²) in [7, 11) is 0. The van der Waals surface area contributed by atoms with Crippen LogP contribution in [0.3, 0.4) is 0 Å². The second-order valence-electron chi connectivity index (χ2n) is 5.57. The molecule has 1 aromatic heterocycles. The Bertz CT molecular complexity index is 671. The zero-order chi connectivity index (χ0) is 15.5. The molecule has 6 heteroatoms. The fraction of sp³-hybridized carbons (Fsp3) is 0.375. The summed E-state index contributed by atoms with van der Waals surface area (Å²) in [5, 5.41) is 20.2. The van der Waals surface area contributed by atoms with Crippen LogP contribution in [0.4, 0.5) is 0 Å². The number of H-pyrrole nitrogens is 1. The van der Waals surface area contributed by atoms with Crippen LogP contribution in [0.1, 0.15) is 36.0 Å². The van der Waals surface area contributed by atoms with Crippen molar-refractivity contribution in [2.24, 2.45) is 0 Å². The molecule has 3 rings (SSSR count). The number of aromatic amines is 1. The third-order valence-corrected chi connectivity index (χ3v) is 4.40. The number of halogens is 1. The Hall–Kier alpha value is -1.85. The number of carbonyl (C=O) groups is 1. The van der Waals surface area contributed by atoms with Crippen molar-refractivity contribution in [3.8, 4) is 11.3 Å². The number of nitrogens with one attached hydrogen (secondary N) is 2. The average molecular weight is 320 g/mol. The van der Waals surface area contributed by atoms with Crippen LogP contribution < -0.4 is 5.32 Å². The molecule has 22 heavy (non-hydrogen) atoms. The zero-order valence-electron chi connectivity index (χ0n) is 12.1. The Morgan fingerprint density at radius 1 is 1.32 bits per heavy atom. The number of aliphatic hydroxyl groups excluding tert-OH is 1. The topological polar surface area (TPSA) is 78.0 Å². The molecule has 1 aliphatic carbocycles. The van der Waals surface area contributed by atoms with Crippen LogP contribution in [-0.4, -0.2) is 33.4 Å². The van der Waals surface area contributed by atoms with Gasteiger partial charge in [-0.15, -0.1) is 0 Å². The van der Waals surface area contributed by atoms with E-state index in [2.05, 4.69) is 15.5 Å². The second-order valence-corrected chi connectivity index (χ2v) is 5.98. The van der Waals surface area contributed by atoms with Crippen LogP contribution in [0, 0.1) is 0 Å². The molecule has 1 aromatic carbocycles. The Kier molecular flexibility index (Phi) is 4.45. The number of hydrogen-bond donors (Lipinski definition) is 3. The third-order valence-electron chi connectivity index (χ3n) is 4.07. The molecular weight excluding hydrogens is 302 g/mol. The summed E-state index contributed by atoms with van der Waals surface area (Å²) in [6.07, 6.45) is 4.56. The average Bonchev–Trinajstić information content (AvgIpc) is 2.99. The third kappa shape index (κ3) is 3.00. The standard InChI is InChI=1S/C16H18ClN3O2/c17-12-6-2-1-5-10(12)15-11(9-18-20-15)16(22)19-13-7-3-4-8-14(13)21/h1-2,5-6,9,13-14,21H,3-4,7-8H2,(H,18,20)(H,19,22). The lowest BCUT2D eigenvalue weighted by atomic mass is 9.92. The Labute approximate surface area is 133 Å². The van der Waals surface area contributed by atoms with Gasteiger partial charge in [0.05, 0.1) is 29.6 Å². The predicted octanol–water partition coefficient (Wildman–Crippen LogP) is 2.76. The van der Waals surface area contributed by atoms with Crippen molar-refractivity contribution < 1.29 is 9.90 Å². The van der Waals surface area contributed by atoms with Gasteiger partial charge < -0.3 is 10.4 Å². The molecule has 1 amide bonds. The fourth-order valence-corrected chi connectivity index (χ4v) is 3.08. The maximum Gasteiger partial charge on any atom is 0.255 e. The van der Waals surface area contributed by atoms with Crippen LogP contribution in [0.5, 0.6) is 0 Å². The summed E-state index contributed by atoms with van der Waals surface area (Å²) >= 11 is 6.19. The molecule has 0 radical (unpaired) electrons. The molecular formula is C16H18ClN3O2. The molecule has 2 unspecified atom stereocenters. The largest absolute Gasteiger partial charge is 0.391 e. The van der Waals surface area contributed by atoms with Crippen molar-refractivity contribution in [1.29, 1.82) is 0 Å². The highest BCUT2D eigenvalue weighted by atomic mass is 35.5. The van der Waals surface area contributed by atoms with Gasteiger partial charge in [-0.05, 0) is 18.9 Å². The summed E-state index contributed by atoms with van der Waals surface area (Å²) in [6, 6.07) is 7.09. The summed E-state index contributed by atoms with van der Waals surface area (Å²) in [5.74, 6) is -0.241. The van der Waals surface area contributed by atoms with Crippen molar-refractivity contribution in [2.75, 3.05) is 0 Å². The molecule has 1 saturated carbocycles. The molecule has 1 fully saturated rings. The summed E-state index contributed by atoms with van der Waals surface area (Å²) in [6.45, 7) is 0. The molecule has 0 aliphatic heterocycles. The number of hydrogen-bond acceptors (Lipinski definition) is 3. The highest BCUT2D eigenvalue weighted by molar-refractivity contribution is 6.33. The van der Waals surface area contributed by atoms with Gasteiger partial charge in [-0.2, -0.15) is 5.10 Å². The monoisotopic (exact) mass is 319 g/mol. The number of rotatable bonds is 3. The lowest BCUT2D eigenvalue weighted by Crippen LogP contribution is -2.45. The minimum atomic E-state index is -0.478. The van der Waals surface area contributed by atoms with Gasteiger partial charge in [-0.25, -0.2) is 0 Å². The molecule has 5 nitrogen and oxygen atoms in total. The summed E-state index contributed by atoms with van der Waals surface area (Å²) < 4.78 is 0. The lowest BCUT2D eigenvalue weighted by molar-refractivity contribution is 0.0718. The zero-order valence-corrected chi connectivity index (χ0v) is 12.8. The van der Waals surface area contributed by atoms with E-state index in [0.29, 0.717) is 16.3 Å². The number of nitrogens with zero attached hydrogens (tertiary/aromatic N) is 1. The van der Waals surface area contributed by atoms with Crippen molar-refractivity contribution >= 4 is 17.5 Å². The molecule has 0 spiro atoms. The molecule has 0 bridgehead atoms. The summed E-state index contributed by atoms with van der Waals surface area (Å²) in [5.41, 5.74) is 1.76. The first-order valence-corrected chi connectivity index (χ1v) is 7.82. The Morgan fingerprint density at radius 3 is 2.86 bits per heavy atom. The molecule has 116 valence electrons. The normalized spacial score (nSPS) is 21.5. The smallest absolute Gasteiger partial charge is 0.255 e. The van der Waals surface area contributed by atoms with Crippen molar-refractivity contribution in [2.45, 2.75) is 37.8 Å². The maximum absolute atomic E-state index is 12.5. The molecule has 0 saturated heterocycles. The minimum absolute atomic E-state index is 0.199. The van der Waals surface area contributed by atoms with E-state index >= 15 is 0 Å². The van der Waals surface area contributed by atoms with E-state index in [1.807, 2.05) is 18.2 Å². The van der Waals surface area contributed by atoms with E-state index in [-0.39, 0.29) is 11.9 Å². The van der Waals surface area contributed by atoms with Crippen LogP contribution in [0.2, 0.25) is 5.02 Å². The number of benzene rings is 1. The lowest BCUT2D eigenvalue weighted by Gasteiger charge is -2.28. The van der Waals surface area contributed by atoms with Crippen LogP contribution in [-0.2, 0) is 0 Å². The van der Waals surface area contributed by atoms with E-state index in [9.17, 15) is 9.90 Å². The predicted molar refractivity (Wildman–Crippen MR) is 84.8 cm³/mol. The maximum atomic E-state index is 12.5. The highest BCUT2D eigenvalue weighted by Gasteiger charge is 2.26. The number of aromatic nitrogens is 2. The van der Waals surface area contributed by atoms with Gasteiger partial charge in [0.1, 0.15) is 0 Å². The van der Waals surface area contributed by atoms with Gasteiger partial charge in [0.15, 0.2) is 0 Å². The second kappa shape index (κ2) is 6.50. The Morgan fingerprint density at radius 2 is 2.09 bits per heavy atom. The molecule has 1 aliphatic rings. The van der Waals surface area contributed by atoms with E-state index in [1.165, 1.54) is 6.20 Å². The van der Waals surface area contributed by atoms with Crippen molar-refractivity contribution in [3.63, 3.8) is 0 Å². The van der Waals surface area contributed by atoms with E-state index in [0.717, 1.165) is 31.2 Å². The van der Waals surface area contributed by atoms with Crippen LogP contribution >= 0.6 is 11.6 Å². The number of carbonyl (C=O) groups excluding carboxylic acids is 1. The fourth-order valence-electron chi connectivity index (χ4n) is 2.85. The van der Waals surface area contributed by atoms with Crippen molar-refractivity contribution in [3.05, 3.63) is 41.0 Å². The minimum Gasteiger partial charge on any atom is -0.391 e. The van der Waals surface area contributed by atoms with Gasteiger partial charge in [0.25, 0.3) is 5.91 Å². The molecule has 2 aromatic rings. The molecule has 2 atom stereocenters. The van der Waals surface area contributed by atoms with Crippen molar-refractivity contribution in [1.82, 2.24) is 15.5 Å². The number of amides is 1. The Balaban J connectivity index is 1.82. The van der Waals surface area contributed by atoms with E-state index < -0.39 is 6.10 Å². The van der Waals surface area contributed by atoms with E-state index in [1.54, 1.807) is 6.07 Å². The van der Waals surface area contributed by atoms with Gasteiger partial charge in [-0.1, -0.05) is 42.6 Å². The van der Waals surface area contributed by atoms with Crippen LogP contribution in [0.25, 0.3) is 11.3 Å². The quantitative estimate of drug-likeness (QED) is 0.814. The summed E-state index contributed by atoms with van der Waals surface area (Å²) in [4.78, 5) is 12.5. The van der Waals surface area contributed by atoms with Gasteiger partial charge in [0, 0.05) is 10.6 Å². The van der Waals surface area contributed by atoms with Crippen LogP contribution in [0.15, 0.2) is 30.5 Å². The van der Waals surface area contributed by atoms with Gasteiger partial charge >= 0.3 is 0 Å². The van der Waals surface area contributed by atoms with E-state index in [4.69, 9.17) is 11.6 Å². The molecule has 1 heterocycles. The first-order valence-electron chi connectivity index (χ1n) is 7.44.